The summed E-state index contributed by atoms with van der Waals surface area (Å²) in [6, 6.07) is 17.4. The lowest BCUT2D eigenvalue weighted by molar-refractivity contribution is -0.140. The van der Waals surface area contributed by atoms with Gasteiger partial charge in [-0.2, -0.15) is 0 Å². The van der Waals surface area contributed by atoms with Crippen LogP contribution in [0.5, 0.6) is 5.75 Å². The number of benzene rings is 2. The summed E-state index contributed by atoms with van der Waals surface area (Å²) < 4.78 is 5.71. The van der Waals surface area contributed by atoms with E-state index < -0.39 is 11.5 Å². The van der Waals surface area contributed by atoms with Crippen LogP contribution in [0.2, 0.25) is 0 Å². The molecular formula is C20H21NO4. The Morgan fingerprint density at radius 3 is 2.36 bits per heavy atom. The Balaban J connectivity index is 1.64. The molecule has 2 aromatic carbocycles. The molecule has 1 amide bonds. The molecule has 0 radical (unpaired) electrons. The van der Waals surface area contributed by atoms with Crippen molar-refractivity contribution in [2.24, 2.45) is 0 Å². The summed E-state index contributed by atoms with van der Waals surface area (Å²) >= 11 is 0. The highest BCUT2D eigenvalue weighted by molar-refractivity contribution is 5.80. The fourth-order valence-electron chi connectivity index (χ4n) is 3.16. The van der Waals surface area contributed by atoms with Crippen molar-refractivity contribution in [1.29, 1.82) is 0 Å². The van der Waals surface area contributed by atoms with E-state index in [1.165, 1.54) is 0 Å². The third-order valence-electron chi connectivity index (χ3n) is 4.54. The number of amides is 1. The van der Waals surface area contributed by atoms with Gasteiger partial charge in [0.25, 0.3) is 5.91 Å². The molecule has 0 heterocycles. The van der Waals surface area contributed by atoms with E-state index in [-0.39, 0.29) is 18.9 Å². The van der Waals surface area contributed by atoms with E-state index in [1.807, 2.05) is 54.6 Å². The van der Waals surface area contributed by atoms with Gasteiger partial charge in [-0.1, -0.05) is 48.5 Å². The van der Waals surface area contributed by atoms with Crippen molar-refractivity contribution in [3.05, 3.63) is 54.6 Å². The standard InChI is InChI=1S/C20H21NO4/c22-18(21-20(11-6-12-20)13-19(23)24)14-25-17-10-5-4-9-16(17)15-7-2-1-3-8-15/h1-5,7-10H,6,11-14H2,(H,21,22)(H,23,24). The molecule has 1 aliphatic carbocycles. The molecule has 1 aliphatic rings. The molecule has 0 unspecified atom stereocenters. The quantitative estimate of drug-likeness (QED) is 0.812. The van der Waals surface area contributed by atoms with Crippen molar-refractivity contribution in [2.75, 3.05) is 6.61 Å². The minimum absolute atomic E-state index is 0.0423. The maximum atomic E-state index is 12.2. The zero-order chi connectivity index (χ0) is 17.7. The van der Waals surface area contributed by atoms with Crippen LogP contribution in [0.25, 0.3) is 11.1 Å². The molecule has 0 atom stereocenters. The lowest BCUT2D eigenvalue weighted by Crippen LogP contribution is -2.55. The van der Waals surface area contributed by atoms with Gasteiger partial charge in [-0.05, 0) is 30.9 Å². The number of nitrogens with one attached hydrogen (secondary N) is 1. The largest absolute Gasteiger partial charge is 0.483 e. The first-order chi connectivity index (χ1) is 12.1. The maximum absolute atomic E-state index is 12.2. The Bertz CT molecular complexity index is 753. The van der Waals surface area contributed by atoms with E-state index >= 15 is 0 Å². The molecule has 0 aromatic heterocycles. The van der Waals surface area contributed by atoms with Gasteiger partial charge in [0.1, 0.15) is 5.75 Å². The minimum atomic E-state index is -0.893. The van der Waals surface area contributed by atoms with E-state index in [2.05, 4.69) is 5.32 Å². The van der Waals surface area contributed by atoms with Gasteiger partial charge in [0.15, 0.2) is 6.61 Å². The first-order valence-electron chi connectivity index (χ1n) is 8.38. The molecule has 130 valence electrons. The van der Waals surface area contributed by atoms with Crippen LogP contribution in [0.4, 0.5) is 0 Å². The van der Waals surface area contributed by atoms with Gasteiger partial charge >= 0.3 is 5.97 Å². The van der Waals surface area contributed by atoms with Gasteiger partial charge in [-0.25, -0.2) is 0 Å². The van der Waals surface area contributed by atoms with Crippen LogP contribution in [-0.2, 0) is 9.59 Å². The van der Waals surface area contributed by atoms with Crippen LogP contribution in [0.3, 0.4) is 0 Å². The second-order valence-electron chi connectivity index (χ2n) is 6.40. The van der Waals surface area contributed by atoms with Crippen molar-refractivity contribution < 1.29 is 19.4 Å². The molecule has 1 fully saturated rings. The number of aliphatic carboxylic acids is 1. The summed E-state index contributed by atoms with van der Waals surface area (Å²) in [6.45, 7) is -0.134. The van der Waals surface area contributed by atoms with E-state index in [1.54, 1.807) is 0 Å². The molecule has 25 heavy (non-hydrogen) atoms. The van der Waals surface area contributed by atoms with Crippen LogP contribution < -0.4 is 10.1 Å². The maximum Gasteiger partial charge on any atom is 0.305 e. The molecule has 5 heteroatoms. The molecule has 0 saturated heterocycles. The Kier molecular flexibility index (Phi) is 5.03. The average Bonchev–Trinajstić information content (AvgIpc) is 2.58. The highest BCUT2D eigenvalue weighted by Gasteiger charge is 2.40. The lowest BCUT2D eigenvalue weighted by atomic mass is 9.74. The van der Waals surface area contributed by atoms with Gasteiger partial charge in [0.2, 0.25) is 0 Å². The first-order valence-corrected chi connectivity index (χ1v) is 8.38. The number of rotatable bonds is 7. The van der Waals surface area contributed by atoms with Crippen LogP contribution >= 0.6 is 0 Å². The van der Waals surface area contributed by atoms with E-state index in [0.717, 1.165) is 17.5 Å². The molecule has 2 aromatic rings. The Morgan fingerprint density at radius 1 is 1.04 bits per heavy atom. The van der Waals surface area contributed by atoms with Gasteiger partial charge < -0.3 is 15.2 Å². The van der Waals surface area contributed by atoms with Crippen molar-refractivity contribution in [3.63, 3.8) is 0 Å². The number of ether oxygens (including phenoxy) is 1. The second-order valence-corrected chi connectivity index (χ2v) is 6.40. The van der Waals surface area contributed by atoms with Crippen LogP contribution in [0, 0.1) is 0 Å². The van der Waals surface area contributed by atoms with Crippen LogP contribution in [0.1, 0.15) is 25.7 Å². The van der Waals surface area contributed by atoms with Gasteiger partial charge in [-0.15, -0.1) is 0 Å². The zero-order valence-electron chi connectivity index (χ0n) is 13.9. The van der Waals surface area contributed by atoms with Crippen molar-refractivity contribution in [2.45, 2.75) is 31.2 Å². The molecule has 5 nitrogen and oxygen atoms in total. The van der Waals surface area contributed by atoms with Gasteiger partial charge in [-0.3, -0.25) is 9.59 Å². The lowest BCUT2D eigenvalue weighted by Gasteiger charge is -2.41. The molecule has 0 bridgehead atoms. The normalized spacial score (nSPS) is 15.0. The van der Waals surface area contributed by atoms with Gasteiger partial charge in [0, 0.05) is 5.56 Å². The zero-order valence-corrected chi connectivity index (χ0v) is 13.9. The molecular weight excluding hydrogens is 318 g/mol. The van der Waals surface area contributed by atoms with E-state index in [0.29, 0.717) is 18.6 Å². The number of carboxylic acid groups (broad SMARTS) is 1. The summed E-state index contributed by atoms with van der Waals surface area (Å²) in [6.07, 6.45) is 2.29. The number of hydrogen-bond acceptors (Lipinski definition) is 3. The topological polar surface area (TPSA) is 75.6 Å². The van der Waals surface area contributed by atoms with Gasteiger partial charge in [0.05, 0.1) is 12.0 Å². The number of carbonyl (C=O) groups excluding carboxylic acids is 1. The molecule has 0 aliphatic heterocycles. The Hall–Kier alpha value is -2.82. The molecule has 1 saturated carbocycles. The molecule has 3 rings (SSSR count). The minimum Gasteiger partial charge on any atom is -0.483 e. The number of hydrogen-bond donors (Lipinski definition) is 2. The number of carbonyl (C=O) groups is 2. The SMILES string of the molecule is O=C(O)CC1(NC(=O)COc2ccccc2-c2ccccc2)CCC1. The summed E-state index contributed by atoms with van der Waals surface area (Å²) in [5.41, 5.74) is 1.32. The fraction of sp³-hybridized carbons (Fsp3) is 0.300. The Labute approximate surface area is 146 Å². The first kappa shape index (κ1) is 17.0. The monoisotopic (exact) mass is 339 g/mol. The summed E-state index contributed by atoms with van der Waals surface area (Å²) in [7, 11) is 0. The molecule has 0 spiro atoms. The number of para-hydroxylation sites is 1. The van der Waals surface area contributed by atoms with Crippen molar-refractivity contribution in [1.82, 2.24) is 5.32 Å². The second kappa shape index (κ2) is 7.38. The van der Waals surface area contributed by atoms with Crippen molar-refractivity contribution in [3.8, 4) is 16.9 Å². The van der Waals surface area contributed by atoms with Crippen LogP contribution in [-0.4, -0.2) is 29.1 Å². The summed E-state index contributed by atoms with van der Waals surface area (Å²) in [5, 5.41) is 11.9. The molecule has 2 N–H and O–H groups in total. The average molecular weight is 339 g/mol. The highest BCUT2D eigenvalue weighted by Crippen LogP contribution is 2.35. The van der Waals surface area contributed by atoms with Crippen molar-refractivity contribution >= 4 is 11.9 Å². The predicted octanol–water partition coefficient (Wildman–Crippen LogP) is 3.25. The third kappa shape index (κ3) is 4.18. The Morgan fingerprint density at radius 2 is 1.72 bits per heavy atom. The number of carboxylic acids is 1. The van der Waals surface area contributed by atoms with E-state index in [4.69, 9.17) is 9.84 Å². The summed E-state index contributed by atoms with van der Waals surface area (Å²) in [4.78, 5) is 23.2. The predicted molar refractivity (Wildman–Crippen MR) is 94.4 cm³/mol. The highest BCUT2D eigenvalue weighted by atomic mass is 16.5. The third-order valence-corrected chi connectivity index (χ3v) is 4.54. The van der Waals surface area contributed by atoms with E-state index in [9.17, 15) is 9.59 Å². The fourth-order valence-corrected chi connectivity index (χ4v) is 3.16. The van der Waals surface area contributed by atoms with Crippen LogP contribution in [0.15, 0.2) is 54.6 Å². The smallest absolute Gasteiger partial charge is 0.305 e. The summed E-state index contributed by atoms with van der Waals surface area (Å²) in [5.74, 6) is -0.552.